The number of amides is 1. The van der Waals surface area contributed by atoms with E-state index in [-0.39, 0.29) is 6.42 Å². The van der Waals surface area contributed by atoms with Crippen molar-refractivity contribution in [2.45, 2.75) is 59.2 Å². The van der Waals surface area contributed by atoms with Crippen molar-refractivity contribution in [1.29, 1.82) is 5.26 Å². The highest BCUT2D eigenvalue weighted by molar-refractivity contribution is 7.87. The van der Waals surface area contributed by atoms with Crippen LogP contribution in [0.1, 0.15) is 53.6 Å². The van der Waals surface area contributed by atoms with Gasteiger partial charge < -0.3 is 5.32 Å². The summed E-state index contributed by atoms with van der Waals surface area (Å²) in [5.41, 5.74) is 2.83. The number of carbonyl (C=O) groups is 1. The first kappa shape index (κ1) is 22.4. The number of nitrogens with zero attached hydrogens (tertiary/aromatic N) is 4. The van der Waals surface area contributed by atoms with Crippen molar-refractivity contribution in [2.75, 3.05) is 12.4 Å². The number of hydrogen-bond acceptors (Lipinski definition) is 6. The summed E-state index contributed by atoms with van der Waals surface area (Å²) in [5, 5.41) is 17.2. The van der Waals surface area contributed by atoms with Crippen LogP contribution in [-0.4, -0.2) is 41.5 Å². The number of aryl methyl sites for hydroxylation is 3. The van der Waals surface area contributed by atoms with Crippen molar-refractivity contribution >= 4 is 32.5 Å². The lowest BCUT2D eigenvalue weighted by atomic mass is 10.00. The molecule has 0 spiro atoms. The lowest BCUT2D eigenvalue weighted by molar-refractivity contribution is -0.120. The van der Waals surface area contributed by atoms with Gasteiger partial charge in [0.15, 0.2) is 0 Å². The average Bonchev–Trinajstić information content (AvgIpc) is 3.21. The smallest absolute Gasteiger partial charge is 0.280 e. The zero-order chi connectivity index (χ0) is 22.2. The molecule has 11 heteroatoms. The second kappa shape index (κ2) is 8.47. The summed E-state index contributed by atoms with van der Waals surface area (Å²) in [6.07, 6.45) is 2.75. The van der Waals surface area contributed by atoms with Crippen LogP contribution in [0.5, 0.6) is 0 Å². The van der Waals surface area contributed by atoms with E-state index in [9.17, 15) is 18.5 Å². The summed E-state index contributed by atoms with van der Waals surface area (Å²) >= 11 is 1.34. The van der Waals surface area contributed by atoms with E-state index in [0.29, 0.717) is 23.5 Å². The first-order valence-electron chi connectivity index (χ1n) is 9.75. The molecule has 0 radical (unpaired) electrons. The number of hydrogen-bond donors (Lipinski definition) is 2. The molecule has 30 heavy (non-hydrogen) atoms. The van der Waals surface area contributed by atoms with Gasteiger partial charge in [-0.25, -0.2) is 0 Å². The summed E-state index contributed by atoms with van der Waals surface area (Å²) in [6.45, 7) is 8.30. The lowest BCUT2D eigenvalue weighted by Gasteiger charge is -2.35. The maximum atomic E-state index is 13.1. The molecule has 0 aromatic carbocycles. The molecule has 9 nitrogen and oxygen atoms in total. The van der Waals surface area contributed by atoms with E-state index in [1.807, 2.05) is 33.9 Å². The second-order valence-electron chi connectivity index (χ2n) is 7.26. The van der Waals surface area contributed by atoms with Gasteiger partial charge in [0.25, 0.3) is 10.2 Å². The van der Waals surface area contributed by atoms with E-state index in [1.165, 1.54) is 18.4 Å². The number of nitriles is 1. The highest BCUT2D eigenvalue weighted by Crippen LogP contribution is 2.34. The standard InChI is InChI=1S/C19H26N6O3S2/c1-6-13-12(4)29-19(14(13)9-20)21-18(26)17-8-16(23-30(27,28)24(17)5)15-10-25(7-2)22-11(15)3/h10,16-17,23H,6-8H2,1-5H3,(H,21,26). The molecular weight excluding hydrogens is 424 g/mol. The van der Waals surface area contributed by atoms with Crippen LogP contribution in [0.15, 0.2) is 6.20 Å². The molecule has 2 aromatic heterocycles. The van der Waals surface area contributed by atoms with Gasteiger partial charge in [-0.2, -0.15) is 27.8 Å². The van der Waals surface area contributed by atoms with Crippen LogP contribution >= 0.6 is 11.3 Å². The lowest BCUT2D eigenvalue weighted by Crippen LogP contribution is -2.56. The van der Waals surface area contributed by atoms with Gasteiger partial charge in [-0.3, -0.25) is 9.48 Å². The maximum absolute atomic E-state index is 13.1. The normalized spacial score (nSPS) is 21.3. The minimum atomic E-state index is -3.86. The van der Waals surface area contributed by atoms with Crippen molar-refractivity contribution in [2.24, 2.45) is 0 Å². The molecule has 0 bridgehead atoms. The zero-order valence-corrected chi connectivity index (χ0v) is 19.3. The third-order valence-corrected chi connectivity index (χ3v) is 8.12. The van der Waals surface area contributed by atoms with Gasteiger partial charge in [0.05, 0.1) is 17.3 Å². The fraction of sp³-hybridized carbons (Fsp3) is 0.526. The number of aromatic nitrogens is 2. The second-order valence-corrected chi connectivity index (χ2v) is 10.3. The molecule has 1 saturated heterocycles. The van der Waals surface area contributed by atoms with E-state index in [2.05, 4.69) is 21.2 Å². The predicted molar refractivity (Wildman–Crippen MR) is 115 cm³/mol. The monoisotopic (exact) mass is 450 g/mol. The number of likely N-dealkylation sites (N-methyl/N-ethyl adjacent to an activating group) is 1. The average molecular weight is 451 g/mol. The van der Waals surface area contributed by atoms with Gasteiger partial charge in [-0.1, -0.05) is 6.92 Å². The van der Waals surface area contributed by atoms with Gasteiger partial charge in [-0.15, -0.1) is 11.3 Å². The van der Waals surface area contributed by atoms with Gasteiger partial charge in [0.2, 0.25) is 5.91 Å². The maximum Gasteiger partial charge on any atom is 0.280 e. The Morgan fingerprint density at radius 1 is 1.43 bits per heavy atom. The SMILES string of the molecule is CCc1c(C)sc(NC(=O)C2CC(c3cn(CC)nc3C)NS(=O)(=O)N2C)c1C#N. The Hall–Kier alpha value is -2.26. The third-order valence-electron chi connectivity index (χ3n) is 5.47. The van der Waals surface area contributed by atoms with Crippen LogP contribution in [0.3, 0.4) is 0 Å². The fourth-order valence-electron chi connectivity index (χ4n) is 3.76. The molecule has 3 heterocycles. The first-order chi connectivity index (χ1) is 14.1. The third kappa shape index (κ3) is 4.00. The molecule has 0 aliphatic carbocycles. The summed E-state index contributed by atoms with van der Waals surface area (Å²) in [4.78, 5) is 14.1. The molecule has 1 fully saturated rings. The molecule has 0 saturated carbocycles. The van der Waals surface area contributed by atoms with Gasteiger partial charge >= 0.3 is 0 Å². The van der Waals surface area contributed by atoms with Crippen LogP contribution in [0.4, 0.5) is 5.00 Å². The van der Waals surface area contributed by atoms with Gasteiger partial charge in [0.1, 0.15) is 17.1 Å². The van der Waals surface area contributed by atoms with Crippen LogP contribution in [0.25, 0.3) is 0 Å². The quantitative estimate of drug-likeness (QED) is 0.724. The minimum Gasteiger partial charge on any atom is -0.315 e. The number of thiophene rings is 1. The number of carbonyl (C=O) groups excluding carboxylic acids is 1. The van der Waals surface area contributed by atoms with Crippen molar-refractivity contribution in [3.8, 4) is 6.07 Å². The zero-order valence-electron chi connectivity index (χ0n) is 17.7. The Bertz CT molecular complexity index is 1110. The molecule has 2 aromatic rings. The first-order valence-corrected chi connectivity index (χ1v) is 12.0. The van der Waals surface area contributed by atoms with Crippen molar-refractivity contribution in [3.63, 3.8) is 0 Å². The predicted octanol–water partition coefficient (Wildman–Crippen LogP) is 2.23. The Morgan fingerprint density at radius 2 is 2.13 bits per heavy atom. The highest BCUT2D eigenvalue weighted by Gasteiger charge is 2.41. The Kier molecular flexibility index (Phi) is 6.33. The number of anilines is 1. The van der Waals surface area contributed by atoms with Crippen molar-refractivity contribution in [3.05, 3.63) is 33.5 Å². The Morgan fingerprint density at radius 3 is 2.70 bits per heavy atom. The topological polar surface area (TPSA) is 120 Å². The van der Waals surface area contributed by atoms with Gasteiger partial charge in [0, 0.05) is 30.2 Å². The van der Waals surface area contributed by atoms with E-state index < -0.39 is 28.2 Å². The van der Waals surface area contributed by atoms with Crippen molar-refractivity contribution < 1.29 is 13.2 Å². The van der Waals surface area contributed by atoms with Crippen LogP contribution in [0, 0.1) is 25.2 Å². The van der Waals surface area contributed by atoms with E-state index in [4.69, 9.17) is 0 Å². The molecule has 162 valence electrons. The summed E-state index contributed by atoms with van der Waals surface area (Å²) < 4.78 is 30.8. The summed E-state index contributed by atoms with van der Waals surface area (Å²) in [6, 6.07) is 0.690. The van der Waals surface area contributed by atoms with Crippen LogP contribution in [0.2, 0.25) is 0 Å². The molecule has 3 rings (SSSR count). The largest absolute Gasteiger partial charge is 0.315 e. The van der Waals surface area contributed by atoms with Gasteiger partial charge in [-0.05, 0) is 39.2 Å². The molecule has 2 atom stereocenters. The van der Waals surface area contributed by atoms with E-state index in [1.54, 1.807) is 4.68 Å². The number of nitrogens with one attached hydrogen (secondary N) is 2. The van der Waals surface area contributed by atoms with Crippen molar-refractivity contribution in [1.82, 2.24) is 18.8 Å². The summed E-state index contributed by atoms with van der Waals surface area (Å²) in [7, 11) is -2.48. The Balaban J connectivity index is 1.91. The molecule has 2 N–H and O–H groups in total. The van der Waals surface area contributed by atoms with E-state index >= 15 is 0 Å². The molecular formula is C19H26N6O3S2. The number of rotatable bonds is 5. The summed E-state index contributed by atoms with van der Waals surface area (Å²) in [5.74, 6) is -0.450. The molecule has 1 amide bonds. The molecule has 2 unspecified atom stereocenters. The molecule has 1 aliphatic rings. The molecule has 1 aliphatic heterocycles. The Labute approximate surface area is 180 Å². The van der Waals surface area contributed by atoms with Crippen LogP contribution < -0.4 is 10.0 Å². The fourth-order valence-corrected chi connectivity index (χ4v) is 6.12. The van der Waals surface area contributed by atoms with Crippen LogP contribution in [-0.2, 0) is 28.0 Å². The minimum absolute atomic E-state index is 0.255. The van der Waals surface area contributed by atoms with E-state index in [0.717, 1.165) is 26.0 Å². The highest BCUT2D eigenvalue weighted by atomic mass is 32.2.